The second kappa shape index (κ2) is 10.6. The van der Waals surface area contributed by atoms with Gasteiger partial charge < -0.3 is 15.0 Å². The van der Waals surface area contributed by atoms with Crippen molar-refractivity contribution in [1.29, 1.82) is 0 Å². The maximum atomic E-state index is 14.9. The molecule has 0 aliphatic carbocycles. The number of non-ortho nitro benzene ring substituents is 1. The number of rotatable bonds is 7. The van der Waals surface area contributed by atoms with Crippen LogP contribution in [-0.4, -0.2) is 39.4 Å². The number of hydrogen-bond donors (Lipinski definition) is 1. The van der Waals surface area contributed by atoms with E-state index in [2.05, 4.69) is 5.32 Å². The van der Waals surface area contributed by atoms with Gasteiger partial charge in [-0.3, -0.25) is 24.5 Å². The number of para-hydroxylation sites is 1. The molecule has 4 aromatic rings. The van der Waals surface area contributed by atoms with Crippen LogP contribution in [0.1, 0.15) is 57.3 Å². The molecule has 1 amide bonds. The van der Waals surface area contributed by atoms with Crippen molar-refractivity contribution < 1.29 is 24.0 Å². The molecule has 4 atom stereocenters. The molecule has 0 saturated carbocycles. The number of anilines is 1. The van der Waals surface area contributed by atoms with Crippen molar-refractivity contribution in [2.75, 3.05) is 5.32 Å². The fourth-order valence-corrected chi connectivity index (χ4v) is 7.26. The number of benzene rings is 4. The summed E-state index contributed by atoms with van der Waals surface area (Å²) in [7, 11) is 0. The molecule has 0 radical (unpaired) electrons. The van der Waals surface area contributed by atoms with E-state index in [1.807, 2.05) is 61.2 Å². The summed E-state index contributed by atoms with van der Waals surface area (Å²) in [5.41, 5.74) is 1.48. The van der Waals surface area contributed by atoms with E-state index < -0.39 is 40.0 Å². The molecule has 1 N–H and O–H groups in total. The first-order chi connectivity index (χ1) is 21.7. The Balaban J connectivity index is 1.48. The number of nitrogens with zero attached hydrogens (tertiary/aromatic N) is 2. The quantitative estimate of drug-likeness (QED) is 0.149. The standard InChI is InChI=1S/C36H29N3O6/c1-21(2)45-26-16-14-23(15-17-26)33(41)31-30(32(40)24-9-7-10-25(20-24)39(43)44)36(28-12-5-6-13-29(28)37-35(36)42)34-27-11-4-3-8-22(27)18-19-38(31)34/h3-21,30-31,34H,1-2H3,(H,37,42)/t30-,31+,34+,36+/m1/s1. The molecule has 7 rings (SSSR count). The van der Waals surface area contributed by atoms with E-state index in [0.29, 0.717) is 22.6 Å². The summed E-state index contributed by atoms with van der Waals surface area (Å²) in [5, 5.41) is 14.7. The average Bonchev–Trinajstić information content (AvgIpc) is 3.52. The number of fused-ring (bicyclic) bond motifs is 6. The van der Waals surface area contributed by atoms with E-state index >= 15 is 0 Å². The maximum absolute atomic E-state index is 14.9. The number of amides is 1. The van der Waals surface area contributed by atoms with Crippen molar-refractivity contribution in [3.8, 4) is 5.75 Å². The molecule has 0 aromatic heterocycles. The lowest BCUT2D eigenvalue weighted by molar-refractivity contribution is -0.384. The summed E-state index contributed by atoms with van der Waals surface area (Å²) < 4.78 is 5.78. The molecule has 45 heavy (non-hydrogen) atoms. The Bertz CT molecular complexity index is 1920. The van der Waals surface area contributed by atoms with Gasteiger partial charge in [-0.25, -0.2) is 0 Å². The topological polar surface area (TPSA) is 119 Å². The van der Waals surface area contributed by atoms with Crippen LogP contribution in [0.4, 0.5) is 11.4 Å². The van der Waals surface area contributed by atoms with Crippen molar-refractivity contribution in [2.45, 2.75) is 37.5 Å². The van der Waals surface area contributed by atoms with Crippen LogP contribution >= 0.6 is 0 Å². The van der Waals surface area contributed by atoms with Crippen LogP contribution in [0.2, 0.25) is 0 Å². The van der Waals surface area contributed by atoms with Crippen LogP contribution in [0.15, 0.2) is 103 Å². The minimum atomic E-state index is -1.53. The number of carbonyl (C=O) groups excluding carboxylic acids is 3. The molecule has 3 aliphatic rings. The molecule has 9 heteroatoms. The SMILES string of the molecule is CC(C)Oc1ccc(C(=O)[C@@H]2[C@H](C(=O)c3cccc([N+](=O)[O-])c3)[C@]3(C(=O)Nc4ccccc43)[C@@H]3c4ccccc4C=CN23)cc1. The largest absolute Gasteiger partial charge is 0.491 e. The van der Waals surface area contributed by atoms with Gasteiger partial charge in [-0.15, -0.1) is 0 Å². The van der Waals surface area contributed by atoms with Crippen LogP contribution in [0.3, 0.4) is 0 Å². The van der Waals surface area contributed by atoms with Gasteiger partial charge in [-0.2, -0.15) is 0 Å². The number of carbonyl (C=O) groups is 3. The molecule has 0 bridgehead atoms. The maximum Gasteiger partial charge on any atom is 0.270 e. The third-order valence-electron chi connectivity index (χ3n) is 8.97. The zero-order chi connectivity index (χ0) is 31.5. The lowest BCUT2D eigenvalue weighted by atomic mass is 9.62. The van der Waals surface area contributed by atoms with Gasteiger partial charge in [0.1, 0.15) is 17.2 Å². The molecule has 4 aromatic carbocycles. The molecule has 224 valence electrons. The molecule has 1 spiro atoms. The molecule has 3 aliphatic heterocycles. The highest BCUT2D eigenvalue weighted by atomic mass is 16.6. The normalized spacial score (nSPS) is 22.5. The van der Waals surface area contributed by atoms with Crippen LogP contribution in [0.25, 0.3) is 6.08 Å². The average molecular weight is 600 g/mol. The second-order valence-corrected chi connectivity index (χ2v) is 11.8. The number of nitro benzene ring substituents is 1. The number of nitro groups is 1. The zero-order valence-electron chi connectivity index (χ0n) is 24.5. The molecule has 1 fully saturated rings. The van der Waals surface area contributed by atoms with Crippen molar-refractivity contribution >= 4 is 34.9 Å². The Morgan fingerprint density at radius 3 is 2.40 bits per heavy atom. The molecular formula is C36H29N3O6. The molecule has 9 nitrogen and oxygen atoms in total. The van der Waals surface area contributed by atoms with Gasteiger partial charge in [0.2, 0.25) is 5.91 Å². The number of Topliss-reactive ketones (excluding diaryl/α,β-unsaturated/α-hetero) is 2. The van der Waals surface area contributed by atoms with E-state index in [0.717, 1.165) is 11.1 Å². The first kappa shape index (κ1) is 28.2. The number of ether oxygens (including phenoxy) is 1. The van der Waals surface area contributed by atoms with Crippen LogP contribution in [-0.2, 0) is 10.2 Å². The molecule has 0 unspecified atom stereocenters. The second-order valence-electron chi connectivity index (χ2n) is 11.8. The molecular weight excluding hydrogens is 570 g/mol. The Morgan fingerprint density at radius 2 is 1.64 bits per heavy atom. The summed E-state index contributed by atoms with van der Waals surface area (Å²) in [4.78, 5) is 57.1. The van der Waals surface area contributed by atoms with E-state index in [9.17, 15) is 24.5 Å². The minimum Gasteiger partial charge on any atom is -0.491 e. The van der Waals surface area contributed by atoms with Crippen LogP contribution < -0.4 is 10.1 Å². The zero-order valence-corrected chi connectivity index (χ0v) is 24.5. The Hall–Kier alpha value is -5.57. The Morgan fingerprint density at radius 1 is 0.911 bits per heavy atom. The highest BCUT2D eigenvalue weighted by Crippen LogP contribution is 2.62. The highest BCUT2D eigenvalue weighted by molar-refractivity contribution is 6.16. The van der Waals surface area contributed by atoms with Gasteiger partial charge in [-0.1, -0.05) is 54.6 Å². The minimum absolute atomic E-state index is 0.0568. The summed E-state index contributed by atoms with van der Waals surface area (Å²) in [5.74, 6) is -1.91. The van der Waals surface area contributed by atoms with E-state index in [-0.39, 0.29) is 23.1 Å². The van der Waals surface area contributed by atoms with Gasteiger partial charge in [0.25, 0.3) is 5.69 Å². The lowest BCUT2D eigenvalue weighted by Crippen LogP contribution is -2.49. The number of ketones is 2. The monoisotopic (exact) mass is 599 g/mol. The number of hydrogen-bond acceptors (Lipinski definition) is 7. The lowest BCUT2D eigenvalue weighted by Gasteiger charge is -2.38. The predicted molar refractivity (Wildman–Crippen MR) is 168 cm³/mol. The fraction of sp³-hybridized carbons (Fsp3) is 0.194. The summed E-state index contributed by atoms with van der Waals surface area (Å²) >= 11 is 0. The molecule has 3 heterocycles. The Kier molecular flexibility index (Phi) is 6.62. The van der Waals surface area contributed by atoms with Crippen molar-refractivity contribution in [2.24, 2.45) is 5.92 Å². The van der Waals surface area contributed by atoms with Crippen LogP contribution in [0, 0.1) is 16.0 Å². The van der Waals surface area contributed by atoms with E-state index in [1.54, 1.807) is 42.6 Å². The van der Waals surface area contributed by atoms with Crippen LogP contribution in [0.5, 0.6) is 5.75 Å². The Labute approximate surface area is 259 Å². The third-order valence-corrected chi connectivity index (χ3v) is 8.97. The highest BCUT2D eigenvalue weighted by Gasteiger charge is 2.70. The van der Waals surface area contributed by atoms with Crippen molar-refractivity contribution in [1.82, 2.24) is 4.90 Å². The molecule has 1 saturated heterocycles. The van der Waals surface area contributed by atoms with Gasteiger partial charge in [0, 0.05) is 35.1 Å². The van der Waals surface area contributed by atoms with Gasteiger partial charge in [0.15, 0.2) is 11.6 Å². The fourth-order valence-electron chi connectivity index (χ4n) is 7.26. The summed E-state index contributed by atoms with van der Waals surface area (Å²) in [6.07, 6.45) is 3.62. The first-order valence-electron chi connectivity index (χ1n) is 14.8. The van der Waals surface area contributed by atoms with Crippen molar-refractivity contribution in [3.05, 3.63) is 141 Å². The summed E-state index contributed by atoms with van der Waals surface area (Å²) in [6.45, 7) is 3.82. The van der Waals surface area contributed by atoms with E-state index in [1.165, 1.54) is 24.3 Å². The van der Waals surface area contributed by atoms with Gasteiger partial charge >= 0.3 is 0 Å². The van der Waals surface area contributed by atoms with Gasteiger partial charge in [-0.05, 0) is 66.9 Å². The number of nitrogens with one attached hydrogen (secondary N) is 1. The summed E-state index contributed by atoms with van der Waals surface area (Å²) in [6, 6.07) is 25.3. The third kappa shape index (κ3) is 4.26. The first-order valence-corrected chi connectivity index (χ1v) is 14.8. The van der Waals surface area contributed by atoms with E-state index in [4.69, 9.17) is 4.74 Å². The van der Waals surface area contributed by atoms with Gasteiger partial charge in [0.05, 0.1) is 23.0 Å². The predicted octanol–water partition coefficient (Wildman–Crippen LogP) is 6.36. The van der Waals surface area contributed by atoms with Crippen molar-refractivity contribution in [3.63, 3.8) is 0 Å². The smallest absolute Gasteiger partial charge is 0.270 e.